The summed E-state index contributed by atoms with van der Waals surface area (Å²) in [5, 5.41) is 8.57. The van der Waals surface area contributed by atoms with E-state index in [2.05, 4.69) is 15.8 Å². The third-order valence-corrected chi connectivity index (χ3v) is 3.02. The van der Waals surface area contributed by atoms with E-state index in [0.29, 0.717) is 18.9 Å². The molecule has 2 rings (SSSR count). The van der Waals surface area contributed by atoms with Gasteiger partial charge in [-0.25, -0.2) is 9.78 Å². The molecule has 21 heavy (non-hydrogen) atoms. The fourth-order valence-electron chi connectivity index (χ4n) is 2.15. The van der Waals surface area contributed by atoms with Gasteiger partial charge in [-0.2, -0.15) is 0 Å². The van der Waals surface area contributed by atoms with Gasteiger partial charge >= 0.3 is 5.97 Å². The highest BCUT2D eigenvalue weighted by atomic mass is 16.5. The summed E-state index contributed by atoms with van der Waals surface area (Å²) >= 11 is 0. The van der Waals surface area contributed by atoms with Crippen LogP contribution in [0.4, 0.5) is 5.82 Å². The number of carbonyl (C=O) groups is 2. The second-order valence-corrected chi connectivity index (χ2v) is 5.17. The molecule has 0 aromatic carbocycles. The molecule has 0 atom stereocenters. The van der Waals surface area contributed by atoms with Gasteiger partial charge in [0.05, 0.1) is 12.1 Å². The summed E-state index contributed by atoms with van der Waals surface area (Å²) < 4.78 is 5.27. The van der Waals surface area contributed by atoms with Gasteiger partial charge in [0.1, 0.15) is 12.4 Å². The molecule has 1 aliphatic heterocycles. The normalized spacial score (nSPS) is 16.8. The fourth-order valence-corrected chi connectivity index (χ4v) is 2.15. The molecule has 1 aromatic rings. The first kappa shape index (κ1) is 15.2. The van der Waals surface area contributed by atoms with Crippen LogP contribution in [0.3, 0.4) is 0 Å². The van der Waals surface area contributed by atoms with E-state index >= 15 is 0 Å². The number of hydrogen-bond donors (Lipinski definition) is 3. The average Bonchev–Trinajstić information content (AvgIpc) is 2.42. The number of likely N-dealkylation sites (tertiary alicyclic amines) is 1. The van der Waals surface area contributed by atoms with Crippen molar-refractivity contribution in [1.82, 2.24) is 15.3 Å². The number of nitrogens with one attached hydrogen (secondary N) is 2. The van der Waals surface area contributed by atoms with E-state index in [9.17, 15) is 9.59 Å². The molecule has 0 radical (unpaired) electrons. The van der Waals surface area contributed by atoms with Gasteiger partial charge in [-0.3, -0.25) is 20.5 Å². The number of hydrazine groups is 1. The monoisotopic (exact) mass is 294 g/mol. The minimum Gasteiger partial charge on any atom is -0.480 e. The number of carboxylic acid groups (broad SMARTS) is 1. The first-order valence-electron chi connectivity index (χ1n) is 6.51. The van der Waals surface area contributed by atoms with Crippen LogP contribution in [0.15, 0.2) is 24.4 Å². The molecule has 1 fully saturated rings. The molecule has 1 aromatic heterocycles. The highest BCUT2D eigenvalue weighted by molar-refractivity contribution is 5.79. The number of nitrogens with zero attached hydrogens (tertiary/aromatic N) is 2. The zero-order chi connectivity index (χ0) is 15.3. The van der Waals surface area contributed by atoms with E-state index in [-0.39, 0.29) is 19.1 Å². The van der Waals surface area contributed by atoms with Crippen molar-refractivity contribution in [2.75, 3.05) is 31.7 Å². The van der Waals surface area contributed by atoms with Crippen LogP contribution < -0.4 is 10.9 Å². The Labute approximate surface area is 122 Å². The van der Waals surface area contributed by atoms with Crippen molar-refractivity contribution in [2.24, 2.45) is 0 Å². The molecule has 0 unspecified atom stereocenters. The minimum atomic E-state index is -0.994. The largest absolute Gasteiger partial charge is 0.480 e. The van der Waals surface area contributed by atoms with Crippen molar-refractivity contribution < 1.29 is 19.4 Å². The van der Waals surface area contributed by atoms with Crippen LogP contribution in [0.2, 0.25) is 0 Å². The SMILES string of the molecule is CC1(OCC(=O)O)CN(CC(=O)NNc2ccccn2)C1. The number of carbonyl (C=O) groups excluding carboxylic acids is 1. The Kier molecular flexibility index (Phi) is 4.71. The minimum absolute atomic E-state index is 0.194. The highest BCUT2D eigenvalue weighted by Gasteiger charge is 2.40. The summed E-state index contributed by atoms with van der Waals surface area (Å²) in [4.78, 5) is 28.1. The smallest absolute Gasteiger partial charge is 0.329 e. The molecule has 0 saturated carbocycles. The van der Waals surface area contributed by atoms with Gasteiger partial charge in [-0.05, 0) is 19.1 Å². The maximum atomic E-state index is 11.7. The zero-order valence-corrected chi connectivity index (χ0v) is 11.7. The Bertz CT molecular complexity index is 502. The van der Waals surface area contributed by atoms with Gasteiger partial charge in [-0.15, -0.1) is 0 Å². The Morgan fingerprint density at radius 2 is 2.24 bits per heavy atom. The summed E-state index contributed by atoms with van der Waals surface area (Å²) in [6.07, 6.45) is 1.62. The molecule has 0 spiro atoms. The van der Waals surface area contributed by atoms with E-state index < -0.39 is 11.6 Å². The molecule has 8 nitrogen and oxygen atoms in total. The number of aliphatic carboxylic acids is 1. The molecule has 8 heteroatoms. The first-order valence-corrected chi connectivity index (χ1v) is 6.51. The number of carboxylic acids is 1. The number of pyridine rings is 1. The Balaban J connectivity index is 1.65. The maximum absolute atomic E-state index is 11.7. The molecule has 2 heterocycles. The van der Waals surface area contributed by atoms with Crippen molar-refractivity contribution >= 4 is 17.7 Å². The fraction of sp³-hybridized carbons (Fsp3) is 0.462. The summed E-state index contributed by atoms with van der Waals surface area (Å²) in [6.45, 7) is 2.77. The van der Waals surface area contributed by atoms with Crippen molar-refractivity contribution in [3.63, 3.8) is 0 Å². The van der Waals surface area contributed by atoms with Gasteiger partial charge in [0.2, 0.25) is 0 Å². The molecule has 1 saturated heterocycles. The first-order chi connectivity index (χ1) is 9.97. The molecule has 1 aliphatic rings. The lowest BCUT2D eigenvalue weighted by molar-refractivity contribution is -0.166. The van der Waals surface area contributed by atoms with Crippen LogP contribution in [-0.2, 0) is 14.3 Å². The molecule has 114 valence electrons. The van der Waals surface area contributed by atoms with Gasteiger partial charge < -0.3 is 9.84 Å². The van der Waals surface area contributed by atoms with E-state index in [4.69, 9.17) is 9.84 Å². The molecule has 1 amide bonds. The van der Waals surface area contributed by atoms with Crippen molar-refractivity contribution in [2.45, 2.75) is 12.5 Å². The molecular weight excluding hydrogens is 276 g/mol. The Hall–Kier alpha value is -2.19. The van der Waals surface area contributed by atoms with Crippen LogP contribution in [0.1, 0.15) is 6.92 Å². The number of ether oxygens (including phenoxy) is 1. The van der Waals surface area contributed by atoms with Gasteiger partial charge in [0.25, 0.3) is 5.91 Å². The van der Waals surface area contributed by atoms with E-state index in [1.807, 2.05) is 17.9 Å². The number of aromatic nitrogens is 1. The maximum Gasteiger partial charge on any atom is 0.329 e. The molecular formula is C13H18N4O4. The van der Waals surface area contributed by atoms with Crippen LogP contribution in [-0.4, -0.2) is 58.7 Å². The molecule has 0 bridgehead atoms. The summed E-state index contributed by atoms with van der Waals surface area (Å²) in [7, 11) is 0. The average molecular weight is 294 g/mol. The van der Waals surface area contributed by atoms with Gasteiger partial charge in [-0.1, -0.05) is 6.07 Å². The summed E-state index contributed by atoms with van der Waals surface area (Å²) in [5.74, 6) is -0.628. The summed E-state index contributed by atoms with van der Waals surface area (Å²) in [5.41, 5.74) is 4.77. The number of hydrogen-bond acceptors (Lipinski definition) is 6. The van der Waals surface area contributed by atoms with E-state index in [0.717, 1.165) is 0 Å². The van der Waals surface area contributed by atoms with Crippen molar-refractivity contribution in [3.8, 4) is 0 Å². The van der Waals surface area contributed by atoms with Crippen molar-refractivity contribution in [3.05, 3.63) is 24.4 Å². The number of rotatable bonds is 7. The summed E-state index contributed by atoms with van der Waals surface area (Å²) in [6, 6.07) is 5.33. The zero-order valence-electron chi connectivity index (χ0n) is 11.7. The predicted molar refractivity (Wildman–Crippen MR) is 74.4 cm³/mol. The van der Waals surface area contributed by atoms with Crippen LogP contribution >= 0.6 is 0 Å². The van der Waals surface area contributed by atoms with Crippen LogP contribution in [0, 0.1) is 0 Å². The number of anilines is 1. The highest BCUT2D eigenvalue weighted by Crippen LogP contribution is 2.23. The quantitative estimate of drug-likeness (QED) is 0.593. The van der Waals surface area contributed by atoms with Gasteiger partial charge in [0, 0.05) is 19.3 Å². The van der Waals surface area contributed by atoms with Crippen LogP contribution in [0.25, 0.3) is 0 Å². The third-order valence-electron chi connectivity index (χ3n) is 3.02. The topological polar surface area (TPSA) is 104 Å². The lowest BCUT2D eigenvalue weighted by atomic mass is 9.96. The molecule has 3 N–H and O–H groups in total. The second kappa shape index (κ2) is 6.51. The third kappa shape index (κ3) is 4.69. The van der Waals surface area contributed by atoms with Crippen molar-refractivity contribution in [1.29, 1.82) is 0 Å². The standard InChI is InChI=1S/C13H18N4O4/c1-13(21-7-12(19)20)8-17(9-13)6-11(18)16-15-10-4-2-3-5-14-10/h2-5H,6-9H2,1H3,(H,14,15)(H,16,18)(H,19,20). The van der Waals surface area contributed by atoms with Crippen LogP contribution in [0.5, 0.6) is 0 Å². The second-order valence-electron chi connectivity index (χ2n) is 5.17. The van der Waals surface area contributed by atoms with E-state index in [1.165, 1.54) is 0 Å². The predicted octanol–water partition coefficient (Wildman–Crippen LogP) is -0.300. The lowest BCUT2D eigenvalue weighted by Crippen LogP contribution is -2.63. The Morgan fingerprint density at radius 1 is 1.48 bits per heavy atom. The molecule has 0 aliphatic carbocycles. The lowest BCUT2D eigenvalue weighted by Gasteiger charge is -2.46. The number of amides is 1. The van der Waals surface area contributed by atoms with Gasteiger partial charge in [0.15, 0.2) is 0 Å². The van der Waals surface area contributed by atoms with E-state index in [1.54, 1.807) is 18.3 Å². The Morgan fingerprint density at radius 3 is 2.86 bits per heavy atom.